The van der Waals surface area contributed by atoms with Crippen molar-refractivity contribution < 1.29 is 4.42 Å². The fraction of sp³-hybridized carbons (Fsp3) is 0.120. The molecule has 1 nitrogen and oxygen atoms in total. The van der Waals surface area contributed by atoms with E-state index < -0.39 is 0 Å². The largest absolute Gasteiger partial charge is 0.456 e. The van der Waals surface area contributed by atoms with Crippen molar-refractivity contribution in [3.8, 4) is 11.3 Å². The molecule has 26 heavy (non-hydrogen) atoms. The van der Waals surface area contributed by atoms with Crippen LogP contribution in [0.3, 0.4) is 0 Å². The SMILES string of the molecule is CC1(C)c2c(ccc3ccccc23)-c2oc3ccc4ccccc4c3c21. The number of hydrogen-bond acceptors (Lipinski definition) is 1. The summed E-state index contributed by atoms with van der Waals surface area (Å²) in [5, 5.41) is 6.43. The van der Waals surface area contributed by atoms with Gasteiger partial charge in [0.2, 0.25) is 0 Å². The quantitative estimate of drug-likeness (QED) is 0.296. The molecule has 0 radical (unpaired) electrons. The number of benzene rings is 4. The molecule has 1 aliphatic carbocycles. The van der Waals surface area contributed by atoms with Crippen molar-refractivity contribution in [3.63, 3.8) is 0 Å². The van der Waals surface area contributed by atoms with E-state index in [1.165, 1.54) is 43.6 Å². The molecule has 1 heteroatoms. The first-order valence-electron chi connectivity index (χ1n) is 9.13. The summed E-state index contributed by atoms with van der Waals surface area (Å²) in [7, 11) is 0. The van der Waals surface area contributed by atoms with Crippen molar-refractivity contribution in [2.75, 3.05) is 0 Å². The third-order valence-electron chi connectivity index (χ3n) is 6.00. The lowest BCUT2D eigenvalue weighted by molar-refractivity contribution is 0.620. The molecule has 0 bridgehead atoms. The highest BCUT2D eigenvalue weighted by Gasteiger charge is 2.41. The minimum absolute atomic E-state index is 0.0963. The van der Waals surface area contributed by atoms with Crippen LogP contribution in [0.2, 0.25) is 0 Å². The van der Waals surface area contributed by atoms with Gasteiger partial charge in [-0.1, -0.05) is 80.6 Å². The predicted octanol–water partition coefficient (Wildman–Crippen LogP) is 7.05. The third kappa shape index (κ3) is 1.56. The van der Waals surface area contributed by atoms with Crippen LogP contribution in [0.4, 0.5) is 0 Å². The molecule has 1 aromatic heterocycles. The van der Waals surface area contributed by atoms with Gasteiger partial charge in [-0.15, -0.1) is 0 Å². The Balaban J connectivity index is 1.83. The molecule has 4 aromatic carbocycles. The van der Waals surface area contributed by atoms with Gasteiger partial charge in [-0.2, -0.15) is 0 Å². The molecule has 0 amide bonds. The first kappa shape index (κ1) is 14.1. The first-order chi connectivity index (χ1) is 12.7. The summed E-state index contributed by atoms with van der Waals surface area (Å²) in [6, 6.07) is 26.0. The van der Waals surface area contributed by atoms with Crippen LogP contribution in [0, 0.1) is 0 Å². The summed E-state index contributed by atoms with van der Waals surface area (Å²) in [4.78, 5) is 0. The van der Waals surface area contributed by atoms with Gasteiger partial charge in [0.1, 0.15) is 11.3 Å². The van der Waals surface area contributed by atoms with Crippen LogP contribution in [0.5, 0.6) is 0 Å². The summed E-state index contributed by atoms with van der Waals surface area (Å²) in [5.41, 5.74) is 4.85. The van der Waals surface area contributed by atoms with Crippen molar-refractivity contribution in [3.05, 3.63) is 83.9 Å². The summed E-state index contributed by atoms with van der Waals surface area (Å²) in [6.07, 6.45) is 0. The molecule has 0 unspecified atom stereocenters. The summed E-state index contributed by atoms with van der Waals surface area (Å²) >= 11 is 0. The second-order valence-electron chi connectivity index (χ2n) is 7.80. The molecule has 0 fully saturated rings. The summed E-state index contributed by atoms with van der Waals surface area (Å²) < 4.78 is 6.43. The van der Waals surface area contributed by atoms with Crippen molar-refractivity contribution in [1.82, 2.24) is 0 Å². The van der Waals surface area contributed by atoms with Crippen molar-refractivity contribution in [2.24, 2.45) is 0 Å². The second-order valence-corrected chi connectivity index (χ2v) is 7.80. The Labute approximate surface area is 151 Å². The second kappa shape index (κ2) is 4.56. The Bertz CT molecular complexity index is 1350. The maximum absolute atomic E-state index is 6.43. The van der Waals surface area contributed by atoms with Crippen LogP contribution < -0.4 is 0 Å². The van der Waals surface area contributed by atoms with Crippen LogP contribution in [0.15, 0.2) is 77.2 Å². The number of furan rings is 1. The summed E-state index contributed by atoms with van der Waals surface area (Å²) in [5.74, 6) is 1.04. The molecule has 5 aromatic rings. The molecule has 0 spiro atoms. The molecular weight excluding hydrogens is 316 g/mol. The third-order valence-corrected chi connectivity index (χ3v) is 6.00. The Morgan fingerprint density at radius 3 is 2.12 bits per heavy atom. The van der Waals surface area contributed by atoms with Gasteiger partial charge < -0.3 is 4.42 Å². The van der Waals surface area contributed by atoms with Gasteiger partial charge in [0.05, 0.1) is 0 Å². The Morgan fingerprint density at radius 2 is 1.31 bits per heavy atom. The number of rotatable bonds is 0. The zero-order chi connectivity index (χ0) is 17.5. The lowest BCUT2D eigenvalue weighted by atomic mass is 9.79. The van der Waals surface area contributed by atoms with E-state index in [4.69, 9.17) is 4.42 Å². The van der Waals surface area contributed by atoms with Gasteiger partial charge in [-0.3, -0.25) is 0 Å². The molecule has 0 N–H and O–H groups in total. The highest BCUT2D eigenvalue weighted by atomic mass is 16.3. The molecule has 6 rings (SSSR count). The average Bonchev–Trinajstić information content (AvgIpc) is 3.16. The van der Waals surface area contributed by atoms with E-state index in [0.29, 0.717) is 0 Å². The van der Waals surface area contributed by atoms with Crippen molar-refractivity contribution in [2.45, 2.75) is 19.3 Å². The maximum atomic E-state index is 6.43. The van der Waals surface area contributed by atoms with E-state index in [-0.39, 0.29) is 5.41 Å². The van der Waals surface area contributed by atoms with Crippen LogP contribution in [0.25, 0.3) is 43.8 Å². The lowest BCUT2D eigenvalue weighted by Crippen LogP contribution is -2.15. The molecule has 1 heterocycles. The Hall–Kier alpha value is -3.06. The van der Waals surface area contributed by atoms with Crippen molar-refractivity contribution >= 4 is 32.5 Å². The van der Waals surface area contributed by atoms with Gasteiger partial charge in [0, 0.05) is 21.9 Å². The normalized spacial score (nSPS) is 14.8. The van der Waals surface area contributed by atoms with Crippen LogP contribution in [0.1, 0.15) is 25.0 Å². The molecule has 1 aliphatic rings. The predicted molar refractivity (Wildman–Crippen MR) is 109 cm³/mol. The van der Waals surface area contributed by atoms with Crippen LogP contribution >= 0.6 is 0 Å². The minimum Gasteiger partial charge on any atom is -0.456 e. The maximum Gasteiger partial charge on any atom is 0.139 e. The van der Waals surface area contributed by atoms with Gasteiger partial charge in [-0.25, -0.2) is 0 Å². The van der Waals surface area contributed by atoms with Gasteiger partial charge in [0.25, 0.3) is 0 Å². The van der Waals surface area contributed by atoms with Gasteiger partial charge in [-0.05, 0) is 33.2 Å². The number of fused-ring (bicyclic) bond motifs is 9. The van der Waals surface area contributed by atoms with Gasteiger partial charge >= 0.3 is 0 Å². The zero-order valence-corrected chi connectivity index (χ0v) is 14.8. The van der Waals surface area contributed by atoms with E-state index in [9.17, 15) is 0 Å². The Morgan fingerprint density at radius 1 is 0.654 bits per heavy atom. The topological polar surface area (TPSA) is 13.1 Å². The molecule has 0 atom stereocenters. The number of hydrogen-bond donors (Lipinski definition) is 0. The molecule has 0 saturated carbocycles. The van der Waals surface area contributed by atoms with Crippen molar-refractivity contribution in [1.29, 1.82) is 0 Å². The molecule has 0 saturated heterocycles. The monoisotopic (exact) mass is 334 g/mol. The smallest absolute Gasteiger partial charge is 0.139 e. The van der Waals surface area contributed by atoms with E-state index in [1.54, 1.807) is 0 Å². The highest BCUT2D eigenvalue weighted by molar-refractivity contribution is 6.12. The standard InChI is InChI=1S/C25H18O/c1-25(2)22-18-10-6-4-8-16(18)11-13-19(22)24-23(25)21-17-9-5-3-7-15(17)12-14-20(21)26-24/h3-14H,1-2H3. The molecular formula is C25H18O. The molecule has 0 aliphatic heterocycles. The van der Waals surface area contributed by atoms with E-state index >= 15 is 0 Å². The van der Waals surface area contributed by atoms with E-state index in [1.807, 2.05) is 0 Å². The fourth-order valence-electron chi connectivity index (χ4n) is 4.91. The van der Waals surface area contributed by atoms with E-state index in [0.717, 1.165) is 11.3 Å². The first-order valence-corrected chi connectivity index (χ1v) is 9.13. The zero-order valence-electron chi connectivity index (χ0n) is 14.8. The minimum atomic E-state index is -0.0963. The Kier molecular flexibility index (Phi) is 2.48. The van der Waals surface area contributed by atoms with Gasteiger partial charge in [0.15, 0.2) is 0 Å². The molecule has 124 valence electrons. The van der Waals surface area contributed by atoms with E-state index in [2.05, 4.69) is 86.6 Å². The fourth-order valence-corrected chi connectivity index (χ4v) is 4.91. The summed E-state index contributed by atoms with van der Waals surface area (Å²) in [6.45, 7) is 4.67. The lowest BCUT2D eigenvalue weighted by Gasteiger charge is -2.23. The average molecular weight is 334 g/mol. The van der Waals surface area contributed by atoms with Crippen LogP contribution in [-0.2, 0) is 5.41 Å². The van der Waals surface area contributed by atoms with Crippen LogP contribution in [-0.4, -0.2) is 0 Å². The highest BCUT2D eigenvalue weighted by Crippen LogP contribution is 2.55.